The predicted octanol–water partition coefficient (Wildman–Crippen LogP) is 20.1. The first-order valence-corrected chi connectivity index (χ1v) is 34.0. The van der Waals surface area contributed by atoms with E-state index in [-0.39, 0.29) is 0 Å². The molecule has 58 heavy (non-hydrogen) atoms. The van der Waals surface area contributed by atoms with Gasteiger partial charge in [-0.1, -0.05) is 0 Å². The minimum absolute atomic E-state index is 0.463. The molecule has 0 aromatic heterocycles. The van der Waals surface area contributed by atoms with Gasteiger partial charge in [0, 0.05) is 0 Å². The molecule has 0 radical (unpaired) electrons. The summed E-state index contributed by atoms with van der Waals surface area (Å²) in [6.45, 7) is 15.2. The Morgan fingerprint density at radius 3 is 0.621 bits per heavy atom. The first-order chi connectivity index (χ1) is 28.1. The molecule has 0 amide bonds. The van der Waals surface area contributed by atoms with Crippen molar-refractivity contribution in [3.63, 3.8) is 0 Å². The molecule has 0 unspecified atom stereocenters. The molecule has 0 aliphatic heterocycles. The standard InChI is InChI=1S/C51H111O4P3/c1-10-19-27-35-44-57(45-36-28-20-11-2,46-37-29-21-12-3,47-38-30-22-13-4)54-56(52,53-43-18-9)55-58(48-39-31-23-14-5,49-40-32-24-15-6,50-41-33-25-16-7)51-42-34-26-17-8/h10-51H2,1-9H3. The van der Waals surface area contributed by atoms with Crippen LogP contribution < -0.4 is 0 Å². The van der Waals surface area contributed by atoms with E-state index in [0.717, 1.165) is 55.7 Å². The fraction of sp³-hybridized carbons (Fsp3) is 1.00. The third-order valence-electron chi connectivity index (χ3n) is 13.7. The van der Waals surface area contributed by atoms with Gasteiger partial charge < -0.3 is 0 Å². The first kappa shape index (κ1) is 59.0. The molecule has 0 bridgehead atoms. The van der Waals surface area contributed by atoms with Crippen LogP contribution in [-0.4, -0.2) is 55.9 Å². The summed E-state index contributed by atoms with van der Waals surface area (Å²) in [5.74, 6) is 0. The van der Waals surface area contributed by atoms with Crippen LogP contribution in [0.3, 0.4) is 0 Å². The van der Waals surface area contributed by atoms with Crippen LogP contribution in [0.2, 0.25) is 0 Å². The minimum atomic E-state index is -3.94. The zero-order chi connectivity index (χ0) is 43.2. The molecule has 0 spiro atoms. The molecule has 0 aliphatic carbocycles. The van der Waals surface area contributed by atoms with E-state index < -0.39 is 21.5 Å². The van der Waals surface area contributed by atoms with Crippen molar-refractivity contribution in [3.8, 4) is 0 Å². The van der Waals surface area contributed by atoms with Crippen LogP contribution in [0.5, 0.6) is 0 Å². The average Bonchev–Trinajstić information content (AvgIpc) is 3.22. The fourth-order valence-electron chi connectivity index (χ4n) is 10.0. The molecule has 0 aliphatic rings. The molecular formula is C51H111O4P3. The van der Waals surface area contributed by atoms with Gasteiger partial charge in [0.25, 0.3) is 0 Å². The van der Waals surface area contributed by atoms with Crippen molar-refractivity contribution in [1.82, 2.24) is 0 Å². The van der Waals surface area contributed by atoms with Crippen LogP contribution in [0.25, 0.3) is 0 Å². The van der Waals surface area contributed by atoms with Crippen molar-refractivity contribution in [2.24, 2.45) is 0 Å². The summed E-state index contributed by atoms with van der Waals surface area (Å²) >= 11 is 0. The summed E-state index contributed by atoms with van der Waals surface area (Å²) < 4.78 is 39.9. The molecular weight excluding hydrogens is 769 g/mol. The van der Waals surface area contributed by atoms with Crippen LogP contribution >= 0.6 is 21.5 Å². The molecule has 0 N–H and O–H groups in total. The second-order valence-electron chi connectivity index (χ2n) is 19.4. The Balaban J connectivity index is 8.06. The summed E-state index contributed by atoms with van der Waals surface area (Å²) in [6, 6.07) is 0. The molecule has 0 atom stereocenters. The van der Waals surface area contributed by atoms with Crippen LogP contribution in [0, 0.1) is 0 Å². The third-order valence-corrected chi connectivity index (χ3v) is 31.1. The van der Waals surface area contributed by atoms with E-state index in [0.29, 0.717) is 6.61 Å². The van der Waals surface area contributed by atoms with Gasteiger partial charge in [0.05, 0.1) is 0 Å². The number of unbranched alkanes of at least 4 members (excludes halogenated alkanes) is 24. The number of hydrogen-bond donors (Lipinski definition) is 0. The quantitative estimate of drug-likeness (QED) is 0.0451. The molecule has 0 fully saturated rings. The molecule has 0 saturated carbocycles. The molecule has 0 rings (SSSR count). The van der Waals surface area contributed by atoms with Crippen molar-refractivity contribution < 1.29 is 17.7 Å². The maximum absolute atomic E-state index is 16.7. The van der Waals surface area contributed by atoms with Gasteiger partial charge in [-0.25, -0.2) is 0 Å². The molecule has 354 valence electrons. The first-order valence-electron chi connectivity index (χ1n) is 26.8. The molecule has 0 aromatic rings. The Morgan fingerprint density at radius 2 is 0.466 bits per heavy atom. The Hall–Kier alpha value is 0.970. The van der Waals surface area contributed by atoms with E-state index in [2.05, 4.69) is 62.3 Å². The molecule has 0 heterocycles. The number of rotatable bonds is 47. The summed E-state index contributed by atoms with van der Waals surface area (Å²) in [5.41, 5.74) is 0. The second kappa shape index (κ2) is 36.3. The van der Waals surface area contributed by atoms with Gasteiger partial charge in [0.15, 0.2) is 0 Å². The van der Waals surface area contributed by atoms with Crippen molar-refractivity contribution in [2.75, 3.05) is 55.9 Å². The molecule has 4 nitrogen and oxygen atoms in total. The second-order valence-corrected chi connectivity index (χ2v) is 32.9. The average molecular weight is 881 g/mol. The predicted molar refractivity (Wildman–Crippen MR) is 272 cm³/mol. The topological polar surface area (TPSA) is 44.8 Å². The maximum atomic E-state index is 16.7. The summed E-state index contributed by atoms with van der Waals surface area (Å²) in [5, 5.41) is 0. The van der Waals surface area contributed by atoms with Gasteiger partial charge in [-0.15, -0.1) is 0 Å². The van der Waals surface area contributed by atoms with E-state index in [1.165, 1.54) is 205 Å². The summed E-state index contributed by atoms with van der Waals surface area (Å²) in [6.07, 6.45) is 49.5. The van der Waals surface area contributed by atoms with Gasteiger partial charge in [-0.05, 0) is 0 Å². The number of phosphoric acid groups is 1. The number of hydrogen-bond acceptors (Lipinski definition) is 4. The summed E-state index contributed by atoms with van der Waals surface area (Å²) in [7, 11) is -3.94. The monoisotopic (exact) mass is 881 g/mol. The van der Waals surface area contributed by atoms with Crippen LogP contribution in [0.15, 0.2) is 0 Å². The molecule has 7 heteroatoms. The van der Waals surface area contributed by atoms with Crippen molar-refractivity contribution in [1.29, 1.82) is 0 Å². The van der Waals surface area contributed by atoms with Crippen LogP contribution in [-0.2, 0) is 17.7 Å². The van der Waals surface area contributed by atoms with E-state index in [1.54, 1.807) is 0 Å². The Labute approximate surface area is 367 Å². The molecule has 0 aromatic carbocycles. The van der Waals surface area contributed by atoms with Gasteiger partial charge in [0.1, 0.15) is 0 Å². The van der Waals surface area contributed by atoms with Crippen LogP contribution in [0.1, 0.15) is 274 Å². The van der Waals surface area contributed by atoms with Crippen molar-refractivity contribution in [2.45, 2.75) is 274 Å². The van der Waals surface area contributed by atoms with Crippen molar-refractivity contribution >= 4 is 21.5 Å². The Kier molecular flexibility index (Phi) is 36.9. The normalized spacial score (nSPS) is 14.9. The zero-order valence-corrected chi connectivity index (χ0v) is 44.4. The van der Waals surface area contributed by atoms with Crippen LogP contribution in [0.4, 0.5) is 0 Å². The SMILES string of the molecule is CCCCCCP(CCCCCC)(CCCCCC)(CCCCCC)OP(=O)(OCCC)OP(CCCCCC)(CCCCCC)(CCCCCC)CCCCCC. The van der Waals surface area contributed by atoms with E-state index in [9.17, 15) is 0 Å². The Morgan fingerprint density at radius 1 is 0.276 bits per heavy atom. The third kappa shape index (κ3) is 25.3. The van der Waals surface area contributed by atoms with Gasteiger partial charge in [-0.2, -0.15) is 0 Å². The molecule has 0 saturated heterocycles. The van der Waals surface area contributed by atoms with Crippen molar-refractivity contribution in [3.05, 3.63) is 0 Å². The zero-order valence-electron chi connectivity index (χ0n) is 41.7. The van der Waals surface area contributed by atoms with Gasteiger partial charge in [0.2, 0.25) is 0 Å². The Bertz CT molecular complexity index is 771. The fourth-order valence-corrected chi connectivity index (χ4v) is 29.2. The van der Waals surface area contributed by atoms with E-state index in [4.69, 9.17) is 13.1 Å². The summed E-state index contributed by atoms with van der Waals surface area (Å²) in [4.78, 5) is 0. The van der Waals surface area contributed by atoms with Gasteiger partial charge >= 0.3 is 369 Å². The van der Waals surface area contributed by atoms with E-state index >= 15 is 4.57 Å². The van der Waals surface area contributed by atoms with Gasteiger partial charge in [-0.3, -0.25) is 0 Å². The van der Waals surface area contributed by atoms with E-state index in [1.807, 2.05) is 0 Å².